The van der Waals surface area contributed by atoms with Gasteiger partial charge in [-0.25, -0.2) is 14.8 Å². The summed E-state index contributed by atoms with van der Waals surface area (Å²) < 4.78 is 0.992. The van der Waals surface area contributed by atoms with Crippen LogP contribution in [0.2, 0.25) is 0 Å². The molecule has 0 unspecified atom stereocenters. The quantitative estimate of drug-likeness (QED) is 0.944. The lowest BCUT2D eigenvalue weighted by molar-refractivity contribution is 0.0696. The summed E-state index contributed by atoms with van der Waals surface area (Å²) in [4.78, 5) is 18.7. The number of nitrogens with zero attached hydrogens (tertiary/aromatic N) is 2. The Balaban J connectivity index is 2.20. The van der Waals surface area contributed by atoms with Crippen molar-refractivity contribution in [3.05, 3.63) is 58.1 Å². The van der Waals surface area contributed by atoms with Crippen LogP contribution in [0.4, 0.5) is 0 Å². The van der Waals surface area contributed by atoms with E-state index in [1.807, 2.05) is 24.3 Å². The van der Waals surface area contributed by atoms with Crippen LogP contribution < -0.4 is 0 Å². The van der Waals surface area contributed by atoms with Gasteiger partial charge >= 0.3 is 5.97 Å². The number of carbonyl (C=O) groups is 1. The van der Waals surface area contributed by atoms with Crippen molar-refractivity contribution in [2.24, 2.45) is 0 Å². The van der Waals surface area contributed by atoms with E-state index in [9.17, 15) is 4.79 Å². The largest absolute Gasteiger partial charge is 0.478 e. The molecule has 5 heteroatoms. The van der Waals surface area contributed by atoms with E-state index in [0.717, 1.165) is 10.0 Å². The summed E-state index contributed by atoms with van der Waals surface area (Å²) in [6.07, 6.45) is 3.21. The number of benzene rings is 1. The second-order valence-electron chi connectivity index (χ2n) is 3.46. The van der Waals surface area contributed by atoms with Gasteiger partial charge in [0, 0.05) is 23.3 Å². The summed E-state index contributed by atoms with van der Waals surface area (Å²) in [6, 6.07) is 7.78. The van der Waals surface area contributed by atoms with Crippen LogP contribution >= 0.6 is 15.9 Å². The maximum Gasteiger partial charge on any atom is 0.338 e. The Kier molecular flexibility index (Phi) is 3.49. The smallest absolute Gasteiger partial charge is 0.338 e. The fourth-order valence-electron chi connectivity index (χ4n) is 1.37. The Morgan fingerprint density at radius 2 is 1.88 bits per heavy atom. The van der Waals surface area contributed by atoms with E-state index in [2.05, 4.69) is 25.9 Å². The first-order valence-corrected chi connectivity index (χ1v) is 5.74. The molecule has 0 aliphatic heterocycles. The summed E-state index contributed by atoms with van der Waals surface area (Å²) in [5.74, 6) is -0.417. The van der Waals surface area contributed by atoms with Gasteiger partial charge in [0.2, 0.25) is 0 Å². The number of halogens is 1. The first-order valence-electron chi connectivity index (χ1n) is 4.94. The van der Waals surface area contributed by atoms with E-state index in [1.54, 1.807) is 0 Å². The van der Waals surface area contributed by atoms with Crippen molar-refractivity contribution in [3.63, 3.8) is 0 Å². The summed E-state index contributed by atoms with van der Waals surface area (Å²) in [6.45, 7) is 0. The molecule has 2 aromatic rings. The number of hydrogen-bond donors (Lipinski definition) is 1. The standard InChI is InChI=1S/C12H9BrN2O2/c13-10-4-2-1-3-8(10)5-11-14-6-9(7-15-11)12(16)17/h1-4,6-7H,5H2,(H,16,17). The molecule has 2 rings (SSSR count). The zero-order chi connectivity index (χ0) is 12.3. The average Bonchev–Trinajstić information content (AvgIpc) is 2.33. The van der Waals surface area contributed by atoms with Crippen molar-refractivity contribution in [3.8, 4) is 0 Å². The van der Waals surface area contributed by atoms with E-state index in [1.165, 1.54) is 12.4 Å². The van der Waals surface area contributed by atoms with Crippen molar-refractivity contribution < 1.29 is 9.90 Å². The fraction of sp³-hybridized carbons (Fsp3) is 0.0833. The number of rotatable bonds is 3. The molecule has 0 saturated heterocycles. The van der Waals surface area contributed by atoms with Gasteiger partial charge in [-0.3, -0.25) is 0 Å². The topological polar surface area (TPSA) is 63.1 Å². The SMILES string of the molecule is O=C(O)c1cnc(Cc2ccccc2Br)nc1. The zero-order valence-electron chi connectivity index (χ0n) is 8.80. The van der Waals surface area contributed by atoms with E-state index < -0.39 is 5.97 Å². The number of carboxylic acids is 1. The molecular formula is C12H9BrN2O2. The minimum atomic E-state index is -1.02. The molecule has 0 saturated carbocycles. The number of aromatic carboxylic acids is 1. The van der Waals surface area contributed by atoms with E-state index in [0.29, 0.717) is 12.2 Å². The van der Waals surface area contributed by atoms with Crippen LogP contribution in [0.15, 0.2) is 41.1 Å². The third-order valence-electron chi connectivity index (χ3n) is 2.26. The lowest BCUT2D eigenvalue weighted by atomic mass is 10.1. The van der Waals surface area contributed by atoms with Crippen LogP contribution in [-0.4, -0.2) is 21.0 Å². The van der Waals surface area contributed by atoms with Crippen molar-refractivity contribution in [1.82, 2.24) is 9.97 Å². The third-order valence-corrected chi connectivity index (χ3v) is 3.03. The number of aromatic nitrogens is 2. The van der Waals surface area contributed by atoms with Gasteiger partial charge in [-0.15, -0.1) is 0 Å². The molecule has 0 amide bonds. The lowest BCUT2D eigenvalue weighted by Crippen LogP contribution is -2.02. The molecular weight excluding hydrogens is 284 g/mol. The Morgan fingerprint density at radius 3 is 2.47 bits per heavy atom. The molecule has 17 heavy (non-hydrogen) atoms. The van der Waals surface area contributed by atoms with Gasteiger partial charge in [0.1, 0.15) is 5.82 Å². The Morgan fingerprint density at radius 1 is 1.24 bits per heavy atom. The van der Waals surface area contributed by atoms with Crippen molar-refractivity contribution in [2.75, 3.05) is 0 Å². The van der Waals surface area contributed by atoms with Crippen molar-refractivity contribution in [1.29, 1.82) is 0 Å². The Bertz CT molecular complexity index is 540. The number of carboxylic acid groups (broad SMARTS) is 1. The van der Waals surface area contributed by atoms with Crippen molar-refractivity contribution >= 4 is 21.9 Å². The van der Waals surface area contributed by atoms with Crippen LogP contribution in [0.5, 0.6) is 0 Å². The maximum absolute atomic E-state index is 10.6. The van der Waals surface area contributed by atoms with Crippen LogP contribution in [0.3, 0.4) is 0 Å². The number of hydrogen-bond acceptors (Lipinski definition) is 3. The molecule has 0 fully saturated rings. The average molecular weight is 293 g/mol. The summed E-state index contributed by atoms with van der Waals surface area (Å²) >= 11 is 3.44. The molecule has 86 valence electrons. The van der Waals surface area contributed by atoms with E-state index >= 15 is 0 Å². The highest BCUT2D eigenvalue weighted by Gasteiger charge is 2.06. The third kappa shape index (κ3) is 2.88. The molecule has 0 atom stereocenters. The lowest BCUT2D eigenvalue weighted by Gasteiger charge is -2.03. The summed E-state index contributed by atoms with van der Waals surface area (Å²) in [7, 11) is 0. The first-order chi connectivity index (χ1) is 8.16. The Hall–Kier alpha value is -1.75. The van der Waals surface area contributed by atoms with Crippen LogP contribution in [0.1, 0.15) is 21.7 Å². The van der Waals surface area contributed by atoms with Crippen LogP contribution in [-0.2, 0) is 6.42 Å². The molecule has 1 N–H and O–H groups in total. The van der Waals surface area contributed by atoms with Crippen LogP contribution in [0, 0.1) is 0 Å². The predicted molar refractivity (Wildman–Crippen MR) is 65.9 cm³/mol. The molecule has 0 aliphatic carbocycles. The monoisotopic (exact) mass is 292 g/mol. The summed E-state index contributed by atoms with van der Waals surface area (Å²) in [5.41, 5.74) is 1.16. The van der Waals surface area contributed by atoms with E-state index in [4.69, 9.17) is 5.11 Å². The maximum atomic E-state index is 10.6. The molecule has 1 aromatic heterocycles. The molecule has 4 nitrogen and oxygen atoms in total. The Labute approximate surface area is 106 Å². The minimum Gasteiger partial charge on any atom is -0.478 e. The van der Waals surface area contributed by atoms with Gasteiger partial charge in [0.15, 0.2) is 0 Å². The van der Waals surface area contributed by atoms with Crippen LogP contribution in [0.25, 0.3) is 0 Å². The minimum absolute atomic E-state index is 0.0980. The molecule has 0 radical (unpaired) electrons. The van der Waals surface area contributed by atoms with E-state index in [-0.39, 0.29) is 5.56 Å². The van der Waals surface area contributed by atoms with Gasteiger partial charge in [-0.1, -0.05) is 34.1 Å². The molecule has 0 spiro atoms. The highest BCUT2D eigenvalue weighted by molar-refractivity contribution is 9.10. The van der Waals surface area contributed by atoms with Gasteiger partial charge in [-0.05, 0) is 11.6 Å². The highest BCUT2D eigenvalue weighted by atomic mass is 79.9. The second-order valence-corrected chi connectivity index (χ2v) is 4.32. The molecule has 0 bridgehead atoms. The van der Waals surface area contributed by atoms with Gasteiger partial charge in [0.05, 0.1) is 5.56 Å². The highest BCUT2D eigenvalue weighted by Crippen LogP contribution is 2.17. The second kappa shape index (κ2) is 5.05. The van der Waals surface area contributed by atoms with Gasteiger partial charge < -0.3 is 5.11 Å². The van der Waals surface area contributed by atoms with Gasteiger partial charge in [0.25, 0.3) is 0 Å². The zero-order valence-corrected chi connectivity index (χ0v) is 10.4. The molecule has 0 aliphatic rings. The fourth-order valence-corrected chi connectivity index (χ4v) is 1.79. The summed E-state index contributed by atoms with van der Waals surface area (Å²) in [5, 5.41) is 8.72. The molecule has 1 aromatic carbocycles. The van der Waals surface area contributed by atoms with Gasteiger partial charge in [-0.2, -0.15) is 0 Å². The molecule has 1 heterocycles. The van der Waals surface area contributed by atoms with Crippen molar-refractivity contribution in [2.45, 2.75) is 6.42 Å². The normalized spacial score (nSPS) is 10.2. The first kappa shape index (κ1) is 11.7. The predicted octanol–water partition coefficient (Wildman–Crippen LogP) is 2.53.